The molecule has 0 aliphatic heterocycles. The smallest absolute Gasteiger partial charge is 0.163 e. The van der Waals surface area contributed by atoms with Gasteiger partial charge in [0.1, 0.15) is 11.7 Å². The van der Waals surface area contributed by atoms with Crippen molar-refractivity contribution < 1.29 is 0 Å². The highest BCUT2D eigenvalue weighted by molar-refractivity contribution is 6.36. The summed E-state index contributed by atoms with van der Waals surface area (Å²) in [5.41, 5.74) is 7.31. The van der Waals surface area contributed by atoms with Crippen molar-refractivity contribution in [1.82, 2.24) is 15.3 Å². The van der Waals surface area contributed by atoms with E-state index in [2.05, 4.69) is 20.6 Å². The Morgan fingerprint density at radius 1 is 1.33 bits per heavy atom. The van der Waals surface area contributed by atoms with E-state index < -0.39 is 0 Å². The Labute approximate surface area is 168 Å². The van der Waals surface area contributed by atoms with Crippen molar-refractivity contribution >= 4 is 34.9 Å². The van der Waals surface area contributed by atoms with E-state index in [4.69, 9.17) is 33.9 Å². The van der Waals surface area contributed by atoms with Crippen LogP contribution in [0.4, 0.5) is 5.82 Å². The van der Waals surface area contributed by atoms with E-state index >= 15 is 0 Å². The second-order valence-corrected chi connectivity index (χ2v) is 7.06. The Hall–Kier alpha value is -2.31. The summed E-state index contributed by atoms with van der Waals surface area (Å²) < 4.78 is 0. The summed E-state index contributed by atoms with van der Waals surface area (Å²) in [6, 6.07) is 5.32. The number of anilines is 1. The molecule has 0 amide bonds. The van der Waals surface area contributed by atoms with Crippen molar-refractivity contribution in [3.8, 4) is 11.4 Å². The first-order valence-corrected chi connectivity index (χ1v) is 9.53. The van der Waals surface area contributed by atoms with Gasteiger partial charge in [-0.25, -0.2) is 9.97 Å². The fourth-order valence-corrected chi connectivity index (χ4v) is 3.19. The quantitative estimate of drug-likeness (QED) is 0.370. The zero-order valence-electron chi connectivity index (χ0n) is 15.0. The fourth-order valence-electron chi connectivity index (χ4n) is 2.70. The first-order valence-electron chi connectivity index (χ1n) is 8.77. The molecule has 2 aromatic rings. The molecule has 1 aromatic carbocycles. The van der Waals surface area contributed by atoms with Gasteiger partial charge in [0, 0.05) is 42.5 Å². The predicted octanol–water partition coefficient (Wildman–Crippen LogP) is 3.83. The highest BCUT2D eigenvalue weighted by Gasteiger charge is 2.27. The molecule has 0 spiro atoms. The largest absolute Gasteiger partial charge is 0.404 e. The van der Waals surface area contributed by atoms with Gasteiger partial charge in [-0.2, -0.15) is 0 Å². The molecule has 1 heterocycles. The van der Waals surface area contributed by atoms with Crippen LogP contribution in [-0.2, 0) is 0 Å². The van der Waals surface area contributed by atoms with Crippen molar-refractivity contribution in [3.63, 3.8) is 0 Å². The molecule has 0 saturated heterocycles. The van der Waals surface area contributed by atoms with Crippen LogP contribution in [0.15, 0.2) is 41.7 Å². The molecular weight excluding hydrogens is 383 g/mol. The number of hydrogen-bond acceptors (Lipinski definition) is 5. The summed E-state index contributed by atoms with van der Waals surface area (Å²) in [6.45, 7) is 1.37. The number of nitrogens with two attached hydrogens (primary N) is 1. The van der Waals surface area contributed by atoms with E-state index in [1.54, 1.807) is 25.3 Å². The maximum atomic E-state index is 6.31. The lowest BCUT2D eigenvalue weighted by Gasteiger charge is -2.13. The Kier molecular flexibility index (Phi) is 6.53. The fraction of sp³-hybridized carbons (Fsp3) is 0.316. The minimum absolute atomic E-state index is 0.531. The highest BCUT2D eigenvalue weighted by atomic mass is 35.5. The number of aromatic nitrogens is 2. The Morgan fingerprint density at radius 3 is 2.81 bits per heavy atom. The number of aliphatic imine (C=N–C) groups is 1. The van der Waals surface area contributed by atoms with Crippen molar-refractivity contribution in [3.05, 3.63) is 52.3 Å². The van der Waals surface area contributed by atoms with Crippen LogP contribution in [0.1, 0.15) is 24.3 Å². The second kappa shape index (κ2) is 9.06. The van der Waals surface area contributed by atoms with Gasteiger partial charge in [-0.1, -0.05) is 23.2 Å². The lowest BCUT2D eigenvalue weighted by atomic mass is 10.1. The Balaban J connectivity index is 1.74. The molecule has 4 N–H and O–H groups in total. The first-order chi connectivity index (χ1) is 13.1. The Morgan fingerprint density at radius 2 is 2.15 bits per heavy atom. The number of halogens is 2. The zero-order chi connectivity index (χ0) is 19.2. The van der Waals surface area contributed by atoms with Gasteiger partial charge in [-0.15, -0.1) is 0 Å². The number of amidine groups is 1. The van der Waals surface area contributed by atoms with Crippen LogP contribution in [0, 0.1) is 0 Å². The molecule has 1 fully saturated rings. The number of nitrogens with zero attached hydrogens (tertiary/aromatic N) is 3. The summed E-state index contributed by atoms with van der Waals surface area (Å²) in [5.74, 6) is 2.69. The van der Waals surface area contributed by atoms with Crippen molar-refractivity contribution in [1.29, 1.82) is 0 Å². The number of benzene rings is 1. The van der Waals surface area contributed by atoms with E-state index in [1.807, 2.05) is 12.3 Å². The van der Waals surface area contributed by atoms with E-state index in [-0.39, 0.29) is 0 Å². The van der Waals surface area contributed by atoms with Crippen LogP contribution in [-0.4, -0.2) is 35.9 Å². The van der Waals surface area contributed by atoms with Crippen molar-refractivity contribution in [2.75, 3.05) is 25.5 Å². The van der Waals surface area contributed by atoms with E-state index in [0.717, 1.165) is 22.8 Å². The highest BCUT2D eigenvalue weighted by Crippen LogP contribution is 2.43. The van der Waals surface area contributed by atoms with Gasteiger partial charge in [0.05, 0.1) is 5.02 Å². The number of hydrogen-bond donors (Lipinski definition) is 3. The van der Waals surface area contributed by atoms with Crippen LogP contribution in [0.3, 0.4) is 0 Å². The summed E-state index contributed by atoms with van der Waals surface area (Å²) in [7, 11) is 1.72. The Bertz CT molecular complexity index is 861. The summed E-state index contributed by atoms with van der Waals surface area (Å²) >= 11 is 12.3. The summed E-state index contributed by atoms with van der Waals surface area (Å²) in [4.78, 5) is 13.4. The monoisotopic (exact) mass is 404 g/mol. The predicted molar refractivity (Wildman–Crippen MR) is 113 cm³/mol. The maximum absolute atomic E-state index is 6.31. The third kappa shape index (κ3) is 5.11. The summed E-state index contributed by atoms with van der Waals surface area (Å²) in [6.07, 6.45) is 7.43. The third-order valence-electron chi connectivity index (χ3n) is 4.22. The van der Waals surface area contributed by atoms with Gasteiger partial charge in [-0.3, -0.25) is 4.99 Å². The van der Waals surface area contributed by atoms with Gasteiger partial charge in [0.15, 0.2) is 5.82 Å². The van der Waals surface area contributed by atoms with Crippen LogP contribution >= 0.6 is 23.2 Å². The van der Waals surface area contributed by atoms with Gasteiger partial charge in [0.2, 0.25) is 0 Å². The molecule has 1 saturated carbocycles. The van der Waals surface area contributed by atoms with Gasteiger partial charge < -0.3 is 16.4 Å². The molecule has 1 aliphatic carbocycles. The molecule has 3 rings (SSSR count). The minimum Gasteiger partial charge on any atom is -0.404 e. The molecule has 0 unspecified atom stereocenters. The normalized spacial score (nSPS) is 14.6. The molecular formula is C19H22Cl2N6. The minimum atomic E-state index is 0.531. The molecule has 1 aliphatic rings. The third-order valence-corrected chi connectivity index (χ3v) is 4.77. The average molecular weight is 405 g/mol. The van der Waals surface area contributed by atoms with Gasteiger partial charge >= 0.3 is 0 Å². The molecule has 1 aromatic heterocycles. The number of nitrogens with one attached hydrogen (secondary N) is 2. The molecule has 0 radical (unpaired) electrons. The van der Waals surface area contributed by atoms with Gasteiger partial charge in [0.25, 0.3) is 0 Å². The van der Waals surface area contributed by atoms with Gasteiger partial charge in [-0.05, 0) is 49.2 Å². The molecule has 0 bridgehead atoms. The standard InChI is InChI=1S/C19H22Cl2N6/c1-23-17(6-7-22)24-8-9-25-19-15(12-2-3-12)11-26-18(27-19)14-5-4-13(20)10-16(14)21/h4-7,10-12H,2-3,8-9,22H2,1H3,(H,23,24)(H,25,26,27). The van der Waals surface area contributed by atoms with Crippen LogP contribution in [0.25, 0.3) is 11.4 Å². The average Bonchev–Trinajstić information content (AvgIpc) is 3.49. The SMILES string of the molecule is CN=C(C=CN)NCCNc1nc(-c2ccc(Cl)cc2Cl)ncc1C1CC1. The molecule has 8 heteroatoms. The lowest BCUT2D eigenvalue weighted by Crippen LogP contribution is -2.28. The zero-order valence-corrected chi connectivity index (χ0v) is 16.6. The maximum Gasteiger partial charge on any atom is 0.163 e. The van der Waals surface area contributed by atoms with Crippen molar-refractivity contribution in [2.45, 2.75) is 18.8 Å². The first kappa shape index (κ1) is 19.5. The summed E-state index contributed by atoms with van der Waals surface area (Å²) in [5, 5.41) is 7.73. The molecule has 0 atom stereocenters. The lowest BCUT2D eigenvalue weighted by molar-refractivity contribution is 0.894. The second-order valence-electron chi connectivity index (χ2n) is 6.22. The topological polar surface area (TPSA) is 88.2 Å². The van der Waals surface area contributed by atoms with Crippen LogP contribution < -0.4 is 16.4 Å². The van der Waals surface area contributed by atoms with E-state index in [1.165, 1.54) is 19.0 Å². The molecule has 142 valence electrons. The van der Waals surface area contributed by atoms with Crippen LogP contribution in [0.5, 0.6) is 0 Å². The number of rotatable bonds is 7. The molecule has 27 heavy (non-hydrogen) atoms. The van der Waals surface area contributed by atoms with E-state index in [9.17, 15) is 0 Å². The van der Waals surface area contributed by atoms with Crippen molar-refractivity contribution in [2.24, 2.45) is 10.7 Å². The van der Waals surface area contributed by atoms with Crippen LogP contribution in [0.2, 0.25) is 10.0 Å². The van der Waals surface area contributed by atoms with E-state index in [0.29, 0.717) is 34.9 Å². The molecule has 6 nitrogen and oxygen atoms in total.